The molecule has 0 radical (unpaired) electrons. The van der Waals surface area contributed by atoms with Crippen LogP contribution in [0.15, 0.2) is 0 Å². The van der Waals surface area contributed by atoms with E-state index in [9.17, 15) is 4.79 Å². The number of hydrogen-bond acceptors (Lipinski definition) is 2. The van der Waals surface area contributed by atoms with Gasteiger partial charge >= 0.3 is 5.97 Å². The highest BCUT2D eigenvalue weighted by molar-refractivity contribution is 5.72. The van der Waals surface area contributed by atoms with Gasteiger partial charge in [-0.3, -0.25) is 9.69 Å². The van der Waals surface area contributed by atoms with Crippen LogP contribution in [0.25, 0.3) is 0 Å². The van der Waals surface area contributed by atoms with Gasteiger partial charge in [0.05, 0.1) is 0 Å². The fraction of sp³-hybridized carbons (Fsp3) is 0.909. The van der Waals surface area contributed by atoms with Crippen molar-refractivity contribution in [1.29, 1.82) is 0 Å². The van der Waals surface area contributed by atoms with E-state index in [4.69, 9.17) is 5.11 Å². The zero-order valence-corrected chi connectivity index (χ0v) is 9.58. The quantitative estimate of drug-likeness (QED) is 0.755. The lowest BCUT2D eigenvalue weighted by atomic mass is 9.86. The number of nitrogens with zero attached hydrogens (tertiary/aromatic N) is 1. The fourth-order valence-electron chi connectivity index (χ4n) is 2.51. The van der Waals surface area contributed by atoms with Crippen molar-refractivity contribution in [2.45, 2.75) is 52.1 Å². The molecular formula is C11H21NO2. The molecule has 82 valence electrons. The Morgan fingerprint density at radius 2 is 2.14 bits per heavy atom. The molecule has 3 nitrogen and oxygen atoms in total. The Morgan fingerprint density at radius 3 is 2.50 bits per heavy atom. The molecule has 0 aromatic rings. The third-order valence-corrected chi connectivity index (χ3v) is 3.66. The molecule has 0 saturated heterocycles. The highest BCUT2D eigenvalue weighted by Crippen LogP contribution is 2.40. The molecule has 1 aliphatic rings. The lowest BCUT2D eigenvalue weighted by Crippen LogP contribution is -2.47. The van der Waals surface area contributed by atoms with Crippen LogP contribution in [0, 0.1) is 5.41 Å². The van der Waals surface area contributed by atoms with Gasteiger partial charge in [-0.05, 0) is 32.2 Å². The molecule has 0 bridgehead atoms. The highest BCUT2D eigenvalue weighted by Gasteiger charge is 2.39. The second-order valence-corrected chi connectivity index (χ2v) is 5.08. The largest absolute Gasteiger partial charge is 0.480 e. The molecule has 0 heterocycles. The average Bonchev–Trinajstić information content (AvgIpc) is 2.42. The number of rotatable bonds is 3. The average molecular weight is 199 g/mol. The van der Waals surface area contributed by atoms with Crippen LogP contribution in [0.1, 0.15) is 40.0 Å². The lowest BCUT2D eigenvalue weighted by molar-refractivity contribution is -0.143. The van der Waals surface area contributed by atoms with E-state index in [2.05, 4.69) is 13.8 Å². The van der Waals surface area contributed by atoms with E-state index in [1.807, 2.05) is 11.9 Å². The van der Waals surface area contributed by atoms with Gasteiger partial charge in [-0.1, -0.05) is 20.3 Å². The van der Waals surface area contributed by atoms with Crippen LogP contribution in [-0.2, 0) is 4.79 Å². The summed E-state index contributed by atoms with van der Waals surface area (Å²) in [6.07, 6.45) is 3.55. The van der Waals surface area contributed by atoms with E-state index in [1.165, 1.54) is 12.8 Å². The molecule has 1 fully saturated rings. The standard InChI is InChI=1S/C11H21NO2/c1-8(10(13)14)12(4)9-6-5-7-11(9,2)3/h8-9H,5-7H2,1-4H3,(H,13,14). The summed E-state index contributed by atoms with van der Waals surface area (Å²) in [5, 5.41) is 8.94. The molecule has 2 atom stereocenters. The third kappa shape index (κ3) is 2.08. The molecule has 1 saturated carbocycles. The van der Waals surface area contributed by atoms with Crippen LogP contribution >= 0.6 is 0 Å². The second-order valence-electron chi connectivity index (χ2n) is 5.08. The van der Waals surface area contributed by atoms with E-state index in [1.54, 1.807) is 6.92 Å². The van der Waals surface area contributed by atoms with Crippen molar-refractivity contribution in [3.05, 3.63) is 0 Å². The first-order valence-electron chi connectivity index (χ1n) is 5.31. The maximum Gasteiger partial charge on any atom is 0.320 e. The first-order chi connectivity index (χ1) is 6.36. The molecule has 0 amide bonds. The molecule has 0 aromatic carbocycles. The Kier molecular flexibility index (Phi) is 3.20. The van der Waals surface area contributed by atoms with Crippen LogP contribution in [0.5, 0.6) is 0 Å². The molecule has 1 aliphatic carbocycles. The summed E-state index contributed by atoms with van der Waals surface area (Å²) < 4.78 is 0. The zero-order chi connectivity index (χ0) is 10.9. The van der Waals surface area contributed by atoms with Crippen molar-refractivity contribution < 1.29 is 9.90 Å². The van der Waals surface area contributed by atoms with Crippen molar-refractivity contribution in [2.24, 2.45) is 5.41 Å². The van der Waals surface area contributed by atoms with E-state index in [0.29, 0.717) is 6.04 Å². The van der Waals surface area contributed by atoms with Gasteiger partial charge in [0.2, 0.25) is 0 Å². The van der Waals surface area contributed by atoms with Crippen molar-refractivity contribution in [1.82, 2.24) is 4.90 Å². The smallest absolute Gasteiger partial charge is 0.320 e. The van der Waals surface area contributed by atoms with Gasteiger partial charge in [0, 0.05) is 6.04 Å². The van der Waals surface area contributed by atoms with E-state index in [0.717, 1.165) is 6.42 Å². The van der Waals surface area contributed by atoms with Gasteiger partial charge in [-0.2, -0.15) is 0 Å². The van der Waals surface area contributed by atoms with Crippen LogP contribution in [0.2, 0.25) is 0 Å². The first-order valence-corrected chi connectivity index (χ1v) is 5.31. The number of aliphatic carboxylic acids is 1. The summed E-state index contributed by atoms with van der Waals surface area (Å²) in [5.74, 6) is -0.727. The van der Waals surface area contributed by atoms with E-state index in [-0.39, 0.29) is 11.5 Å². The Bertz CT molecular complexity index is 225. The summed E-state index contributed by atoms with van der Waals surface area (Å²) in [5.41, 5.74) is 0.262. The Balaban J connectivity index is 2.69. The van der Waals surface area contributed by atoms with Gasteiger partial charge in [0.15, 0.2) is 0 Å². The summed E-state index contributed by atoms with van der Waals surface area (Å²) in [6, 6.07) is 0.0333. The van der Waals surface area contributed by atoms with Crippen LogP contribution < -0.4 is 0 Å². The lowest BCUT2D eigenvalue weighted by Gasteiger charge is -2.37. The van der Waals surface area contributed by atoms with Gasteiger partial charge in [-0.25, -0.2) is 0 Å². The summed E-state index contributed by atoms with van der Waals surface area (Å²) in [4.78, 5) is 12.9. The predicted molar refractivity (Wildman–Crippen MR) is 56.3 cm³/mol. The van der Waals surface area contributed by atoms with Crippen LogP contribution in [0.3, 0.4) is 0 Å². The summed E-state index contributed by atoms with van der Waals surface area (Å²) in [7, 11) is 1.93. The van der Waals surface area contributed by atoms with Gasteiger partial charge in [0.25, 0.3) is 0 Å². The molecule has 1 N–H and O–H groups in total. The number of likely N-dealkylation sites (N-methyl/N-ethyl adjacent to an activating group) is 1. The third-order valence-electron chi connectivity index (χ3n) is 3.66. The number of carbonyl (C=O) groups is 1. The zero-order valence-electron chi connectivity index (χ0n) is 9.58. The summed E-state index contributed by atoms with van der Waals surface area (Å²) in [6.45, 7) is 6.22. The Labute approximate surface area is 86.1 Å². The van der Waals surface area contributed by atoms with E-state index >= 15 is 0 Å². The van der Waals surface area contributed by atoms with Crippen molar-refractivity contribution in [2.75, 3.05) is 7.05 Å². The Hall–Kier alpha value is -0.570. The normalized spacial score (nSPS) is 27.9. The minimum atomic E-state index is -0.727. The van der Waals surface area contributed by atoms with Gasteiger partial charge in [-0.15, -0.1) is 0 Å². The SMILES string of the molecule is CC(C(=O)O)N(C)C1CCCC1(C)C. The summed E-state index contributed by atoms with van der Waals surface area (Å²) >= 11 is 0. The topological polar surface area (TPSA) is 40.5 Å². The molecule has 1 rings (SSSR count). The fourth-order valence-corrected chi connectivity index (χ4v) is 2.51. The maximum absolute atomic E-state index is 10.9. The molecule has 3 heteroatoms. The molecule has 2 unspecified atom stereocenters. The Morgan fingerprint density at radius 1 is 1.57 bits per heavy atom. The maximum atomic E-state index is 10.9. The monoisotopic (exact) mass is 199 g/mol. The first kappa shape index (κ1) is 11.5. The van der Waals surface area contributed by atoms with Crippen LogP contribution in [0.4, 0.5) is 0 Å². The molecule has 0 spiro atoms. The second kappa shape index (κ2) is 3.89. The van der Waals surface area contributed by atoms with E-state index < -0.39 is 5.97 Å². The molecule has 0 aromatic heterocycles. The van der Waals surface area contributed by atoms with Gasteiger partial charge in [0.1, 0.15) is 6.04 Å². The minimum Gasteiger partial charge on any atom is -0.480 e. The van der Waals surface area contributed by atoms with Gasteiger partial charge < -0.3 is 5.11 Å². The van der Waals surface area contributed by atoms with Crippen LogP contribution in [-0.4, -0.2) is 35.1 Å². The molecule has 14 heavy (non-hydrogen) atoms. The van der Waals surface area contributed by atoms with Crippen molar-refractivity contribution in [3.8, 4) is 0 Å². The van der Waals surface area contributed by atoms with Crippen molar-refractivity contribution in [3.63, 3.8) is 0 Å². The highest BCUT2D eigenvalue weighted by atomic mass is 16.4. The molecular weight excluding hydrogens is 178 g/mol. The number of carboxylic acids is 1. The number of hydrogen-bond donors (Lipinski definition) is 1. The van der Waals surface area contributed by atoms with Crippen molar-refractivity contribution >= 4 is 5.97 Å². The molecule has 0 aliphatic heterocycles. The number of carboxylic acid groups (broad SMARTS) is 1. The predicted octanol–water partition coefficient (Wildman–Crippen LogP) is 1.97. The minimum absolute atomic E-state index is 0.262.